The molecule has 1 N–H and O–H groups in total. The van der Waals surface area contributed by atoms with Crippen LogP contribution in [0.3, 0.4) is 0 Å². The summed E-state index contributed by atoms with van der Waals surface area (Å²) in [6.07, 6.45) is 0. The predicted molar refractivity (Wildman–Crippen MR) is 116 cm³/mol. The van der Waals surface area contributed by atoms with Crippen molar-refractivity contribution in [3.8, 4) is 6.07 Å². The molecule has 1 heterocycles. The maximum Gasteiger partial charge on any atom is 0.244 e. The van der Waals surface area contributed by atoms with Gasteiger partial charge in [-0.15, -0.1) is 0 Å². The third-order valence-electron chi connectivity index (χ3n) is 5.01. The summed E-state index contributed by atoms with van der Waals surface area (Å²) in [7, 11) is -3.78. The minimum absolute atomic E-state index is 0.00217. The van der Waals surface area contributed by atoms with Crippen LogP contribution in [0.15, 0.2) is 47.4 Å². The van der Waals surface area contributed by atoms with E-state index in [0.29, 0.717) is 28.8 Å². The van der Waals surface area contributed by atoms with Crippen molar-refractivity contribution in [3.05, 3.63) is 58.1 Å². The number of anilines is 1. The van der Waals surface area contributed by atoms with Gasteiger partial charge in [0.2, 0.25) is 15.9 Å². The van der Waals surface area contributed by atoms with E-state index in [9.17, 15) is 18.5 Å². The van der Waals surface area contributed by atoms with Crippen LogP contribution in [0.25, 0.3) is 0 Å². The number of piperazine rings is 1. The SMILES string of the molecule is C[C@@H](C(=O)Nc1cc(Cl)ccc1Cl)N1CCN(S(=O)(=O)c2ccccc2C#N)CC1. The van der Waals surface area contributed by atoms with E-state index in [-0.39, 0.29) is 29.5 Å². The molecule has 158 valence electrons. The van der Waals surface area contributed by atoms with Gasteiger partial charge in [-0.1, -0.05) is 35.3 Å². The van der Waals surface area contributed by atoms with Gasteiger partial charge in [0.1, 0.15) is 6.07 Å². The molecule has 0 unspecified atom stereocenters. The van der Waals surface area contributed by atoms with Gasteiger partial charge >= 0.3 is 0 Å². The number of rotatable bonds is 5. The molecule has 1 aliphatic rings. The first-order valence-corrected chi connectivity index (χ1v) is 11.4. The molecule has 7 nitrogen and oxygen atoms in total. The molecular formula is C20H20Cl2N4O3S. The summed E-state index contributed by atoms with van der Waals surface area (Å²) in [5.74, 6) is -0.259. The molecule has 0 spiro atoms. The van der Waals surface area contributed by atoms with E-state index < -0.39 is 16.1 Å². The third kappa shape index (κ3) is 4.77. The van der Waals surface area contributed by atoms with Crippen LogP contribution < -0.4 is 5.32 Å². The van der Waals surface area contributed by atoms with E-state index in [2.05, 4.69) is 5.32 Å². The second-order valence-corrected chi connectivity index (χ2v) is 9.59. The summed E-state index contributed by atoms with van der Waals surface area (Å²) in [5.41, 5.74) is 0.543. The van der Waals surface area contributed by atoms with Crippen molar-refractivity contribution >= 4 is 44.8 Å². The fourth-order valence-electron chi connectivity index (χ4n) is 3.25. The molecule has 2 aromatic rings. The minimum atomic E-state index is -3.78. The number of carbonyl (C=O) groups excluding carboxylic acids is 1. The lowest BCUT2D eigenvalue weighted by Gasteiger charge is -2.36. The molecule has 0 bridgehead atoms. The Morgan fingerprint density at radius 1 is 1.13 bits per heavy atom. The number of hydrogen-bond acceptors (Lipinski definition) is 5. The highest BCUT2D eigenvalue weighted by atomic mass is 35.5. The van der Waals surface area contributed by atoms with E-state index in [1.54, 1.807) is 37.3 Å². The molecule has 0 radical (unpaired) electrons. The standard InChI is InChI=1S/C20H20Cl2N4O3S/c1-14(20(27)24-18-12-16(21)6-7-17(18)22)25-8-10-26(11-9-25)30(28,29)19-5-3-2-4-15(19)13-23/h2-7,12,14H,8-11H2,1H3,(H,24,27)/t14-/m0/s1. The fourth-order valence-corrected chi connectivity index (χ4v) is 5.15. The van der Waals surface area contributed by atoms with Gasteiger partial charge in [-0.3, -0.25) is 9.69 Å². The zero-order valence-electron chi connectivity index (χ0n) is 16.2. The number of carbonyl (C=O) groups is 1. The van der Waals surface area contributed by atoms with E-state index >= 15 is 0 Å². The van der Waals surface area contributed by atoms with Crippen LogP contribution in [0.4, 0.5) is 5.69 Å². The van der Waals surface area contributed by atoms with Gasteiger partial charge in [0.05, 0.1) is 27.2 Å². The van der Waals surface area contributed by atoms with E-state index in [0.717, 1.165) is 0 Å². The highest BCUT2D eigenvalue weighted by Crippen LogP contribution is 2.26. The minimum Gasteiger partial charge on any atom is -0.323 e. The maximum absolute atomic E-state index is 12.9. The lowest BCUT2D eigenvalue weighted by atomic mass is 10.2. The largest absolute Gasteiger partial charge is 0.323 e. The lowest BCUT2D eigenvalue weighted by molar-refractivity contribution is -0.121. The molecule has 10 heteroatoms. The summed E-state index contributed by atoms with van der Waals surface area (Å²) in [6, 6.07) is 12.4. The number of amides is 1. The zero-order valence-corrected chi connectivity index (χ0v) is 18.5. The topological polar surface area (TPSA) is 93.5 Å². The van der Waals surface area contributed by atoms with Gasteiger partial charge in [-0.2, -0.15) is 9.57 Å². The van der Waals surface area contributed by atoms with Crippen molar-refractivity contribution in [1.29, 1.82) is 5.26 Å². The van der Waals surface area contributed by atoms with Crippen LogP contribution in [0, 0.1) is 11.3 Å². The Balaban J connectivity index is 1.65. The number of sulfonamides is 1. The molecule has 0 saturated carbocycles. The Morgan fingerprint density at radius 3 is 2.47 bits per heavy atom. The molecule has 1 atom stereocenters. The highest BCUT2D eigenvalue weighted by molar-refractivity contribution is 7.89. The first-order chi connectivity index (χ1) is 14.2. The zero-order chi connectivity index (χ0) is 21.9. The van der Waals surface area contributed by atoms with Gasteiger partial charge < -0.3 is 5.32 Å². The van der Waals surface area contributed by atoms with Crippen LogP contribution in [0.1, 0.15) is 12.5 Å². The molecule has 3 rings (SSSR count). The second kappa shape index (κ2) is 9.33. The first kappa shape index (κ1) is 22.5. The lowest BCUT2D eigenvalue weighted by Crippen LogP contribution is -2.54. The summed E-state index contributed by atoms with van der Waals surface area (Å²) in [4.78, 5) is 14.5. The van der Waals surface area contributed by atoms with E-state index in [4.69, 9.17) is 23.2 Å². The Kier molecular flexibility index (Phi) is 7.01. The van der Waals surface area contributed by atoms with Crippen LogP contribution in [0.2, 0.25) is 10.0 Å². The van der Waals surface area contributed by atoms with Crippen molar-refractivity contribution in [2.75, 3.05) is 31.5 Å². The summed E-state index contributed by atoms with van der Waals surface area (Å²) < 4.78 is 27.2. The summed E-state index contributed by atoms with van der Waals surface area (Å²) in [6.45, 7) is 2.95. The smallest absolute Gasteiger partial charge is 0.244 e. The Labute approximate surface area is 185 Å². The van der Waals surface area contributed by atoms with Crippen molar-refractivity contribution in [2.45, 2.75) is 17.9 Å². The number of hydrogen-bond donors (Lipinski definition) is 1. The number of halogens is 2. The molecule has 1 amide bonds. The molecule has 0 aliphatic carbocycles. The first-order valence-electron chi connectivity index (χ1n) is 9.23. The summed E-state index contributed by atoms with van der Waals surface area (Å²) >= 11 is 12.1. The molecule has 2 aromatic carbocycles. The van der Waals surface area contributed by atoms with Crippen LogP contribution in [0.5, 0.6) is 0 Å². The summed E-state index contributed by atoms with van der Waals surface area (Å²) in [5, 5.41) is 12.8. The number of nitriles is 1. The van der Waals surface area contributed by atoms with Gasteiger partial charge in [0.25, 0.3) is 0 Å². The number of nitrogens with one attached hydrogen (secondary N) is 1. The Morgan fingerprint density at radius 2 is 1.80 bits per heavy atom. The monoisotopic (exact) mass is 466 g/mol. The van der Waals surface area contributed by atoms with Crippen molar-refractivity contribution < 1.29 is 13.2 Å². The molecular weight excluding hydrogens is 447 g/mol. The molecule has 1 fully saturated rings. The third-order valence-corrected chi connectivity index (χ3v) is 7.53. The average molecular weight is 467 g/mol. The Hall–Kier alpha value is -2.15. The van der Waals surface area contributed by atoms with Crippen LogP contribution in [-0.4, -0.2) is 55.8 Å². The van der Waals surface area contributed by atoms with Crippen molar-refractivity contribution in [2.24, 2.45) is 0 Å². The van der Waals surface area contributed by atoms with Gasteiger partial charge in [-0.25, -0.2) is 8.42 Å². The van der Waals surface area contributed by atoms with Gasteiger partial charge in [0, 0.05) is 31.2 Å². The molecule has 1 saturated heterocycles. The van der Waals surface area contributed by atoms with Crippen LogP contribution in [-0.2, 0) is 14.8 Å². The molecule has 1 aliphatic heterocycles. The van der Waals surface area contributed by atoms with E-state index in [1.165, 1.54) is 16.4 Å². The quantitative estimate of drug-likeness (QED) is 0.729. The second-order valence-electron chi connectivity index (χ2n) is 6.84. The number of benzene rings is 2. The van der Waals surface area contributed by atoms with Crippen LogP contribution >= 0.6 is 23.2 Å². The predicted octanol–water partition coefficient (Wildman–Crippen LogP) is 3.20. The van der Waals surface area contributed by atoms with Crippen molar-refractivity contribution in [1.82, 2.24) is 9.21 Å². The normalized spacial score (nSPS) is 16.6. The van der Waals surface area contributed by atoms with E-state index in [1.807, 2.05) is 11.0 Å². The molecule has 0 aromatic heterocycles. The Bertz CT molecular complexity index is 1090. The fraction of sp³-hybridized carbons (Fsp3) is 0.300. The number of nitrogens with zero attached hydrogens (tertiary/aromatic N) is 3. The van der Waals surface area contributed by atoms with Gasteiger partial charge in [-0.05, 0) is 37.3 Å². The average Bonchev–Trinajstić information content (AvgIpc) is 2.75. The molecule has 30 heavy (non-hydrogen) atoms. The maximum atomic E-state index is 12.9. The highest BCUT2D eigenvalue weighted by Gasteiger charge is 2.33. The van der Waals surface area contributed by atoms with Crippen molar-refractivity contribution in [3.63, 3.8) is 0 Å². The van der Waals surface area contributed by atoms with Gasteiger partial charge in [0.15, 0.2) is 0 Å².